The van der Waals surface area contributed by atoms with Crippen molar-refractivity contribution in [3.63, 3.8) is 0 Å². The lowest BCUT2D eigenvalue weighted by Gasteiger charge is -2.32. The minimum absolute atomic E-state index is 0.0880. The number of benzene rings is 1. The fourth-order valence-electron chi connectivity index (χ4n) is 3.85. The zero-order valence-corrected chi connectivity index (χ0v) is 16.2. The first kappa shape index (κ1) is 18.3. The molecule has 7 heteroatoms. The fourth-order valence-corrected chi connectivity index (χ4v) is 3.85. The van der Waals surface area contributed by atoms with Crippen molar-refractivity contribution in [2.45, 2.75) is 25.2 Å². The second kappa shape index (κ2) is 7.88. The van der Waals surface area contributed by atoms with Crippen LogP contribution in [0.3, 0.4) is 0 Å². The molecular weight excluding hydrogens is 356 g/mol. The van der Waals surface area contributed by atoms with Crippen molar-refractivity contribution in [3.05, 3.63) is 54.0 Å². The van der Waals surface area contributed by atoms with Crippen molar-refractivity contribution in [1.82, 2.24) is 19.5 Å². The Labute approximate surface area is 163 Å². The Hall–Kier alpha value is -3.09. The maximum Gasteiger partial charge on any atom is 0.227 e. The van der Waals surface area contributed by atoms with Crippen LogP contribution in [-0.4, -0.2) is 52.7 Å². The van der Waals surface area contributed by atoms with Gasteiger partial charge in [0.1, 0.15) is 17.3 Å². The molecule has 0 radical (unpaired) electrons. The van der Waals surface area contributed by atoms with E-state index in [1.165, 1.54) is 0 Å². The summed E-state index contributed by atoms with van der Waals surface area (Å²) in [6.45, 7) is 1.42. The number of aromatic nitrogens is 3. The number of carbonyl (C=O) groups is 1. The highest BCUT2D eigenvalue weighted by molar-refractivity contribution is 5.80. The van der Waals surface area contributed by atoms with Crippen LogP contribution < -0.4 is 9.47 Å². The van der Waals surface area contributed by atoms with E-state index in [0.717, 1.165) is 42.2 Å². The van der Waals surface area contributed by atoms with Gasteiger partial charge in [0.05, 0.1) is 20.6 Å². The van der Waals surface area contributed by atoms with Crippen molar-refractivity contribution in [2.75, 3.05) is 27.3 Å². The van der Waals surface area contributed by atoms with Crippen molar-refractivity contribution in [3.8, 4) is 11.5 Å². The molecule has 0 aliphatic carbocycles. The second-order valence-electron chi connectivity index (χ2n) is 7.02. The van der Waals surface area contributed by atoms with Gasteiger partial charge in [0.2, 0.25) is 5.91 Å². The van der Waals surface area contributed by atoms with Crippen LogP contribution in [0.1, 0.15) is 30.1 Å². The van der Waals surface area contributed by atoms with Gasteiger partial charge in [-0.2, -0.15) is 0 Å². The molecule has 3 heterocycles. The number of methoxy groups -OCH3 is 2. The summed E-state index contributed by atoms with van der Waals surface area (Å²) in [6.07, 6.45) is 4.22. The number of nitrogens with zero attached hydrogens (tertiary/aromatic N) is 4. The Morgan fingerprint density at radius 3 is 2.89 bits per heavy atom. The smallest absolute Gasteiger partial charge is 0.227 e. The number of fused-ring (bicyclic) bond motifs is 1. The summed E-state index contributed by atoms with van der Waals surface area (Å²) in [5, 5.41) is 8.64. The number of piperidine rings is 1. The first-order chi connectivity index (χ1) is 13.7. The number of amides is 1. The fraction of sp³-hybridized carbons (Fsp3) is 0.381. The molecule has 1 unspecified atom stereocenters. The van der Waals surface area contributed by atoms with Gasteiger partial charge in [-0.05, 0) is 43.2 Å². The number of likely N-dealkylation sites (tertiary alicyclic amines) is 1. The lowest BCUT2D eigenvalue weighted by Crippen LogP contribution is -2.40. The predicted octanol–water partition coefficient (Wildman–Crippen LogP) is 2.70. The van der Waals surface area contributed by atoms with Gasteiger partial charge < -0.3 is 14.4 Å². The molecule has 28 heavy (non-hydrogen) atoms. The maximum atomic E-state index is 13.0. The second-order valence-corrected chi connectivity index (χ2v) is 7.02. The van der Waals surface area contributed by atoms with E-state index in [0.29, 0.717) is 12.3 Å². The van der Waals surface area contributed by atoms with E-state index < -0.39 is 0 Å². The molecular formula is C21H24N4O3. The third-order valence-electron chi connectivity index (χ3n) is 5.31. The topological polar surface area (TPSA) is 69.0 Å². The molecule has 0 N–H and O–H groups in total. The highest BCUT2D eigenvalue weighted by Gasteiger charge is 2.28. The highest BCUT2D eigenvalue weighted by Crippen LogP contribution is 2.28. The quantitative estimate of drug-likeness (QED) is 0.681. The molecule has 2 aromatic heterocycles. The third-order valence-corrected chi connectivity index (χ3v) is 5.31. The molecule has 1 aliphatic rings. The van der Waals surface area contributed by atoms with Gasteiger partial charge in [-0.25, -0.2) is 0 Å². The number of rotatable bonds is 5. The van der Waals surface area contributed by atoms with Gasteiger partial charge in [-0.15, -0.1) is 10.2 Å². The van der Waals surface area contributed by atoms with E-state index in [-0.39, 0.29) is 18.2 Å². The van der Waals surface area contributed by atoms with Gasteiger partial charge >= 0.3 is 0 Å². The van der Waals surface area contributed by atoms with Crippen molar-refractivity contribution in [2.24, 2.45) is 0 Å². The minimum atomic E-state index is 0.0880. The molecule has 1 saturated heterocycles. The van der Waals surface area contributed by atoms with E-state index in [4.69, 9.17) is 9.47 Å². The maximum absolute atomic E-state index is 13.0. The third kappa shape index (κ3) is 3.52. The minimum Gasteiger partial charge on any atom is -0.497 e. The molecule has 146 valence electrons. The SMILES string of the molecule is COc1ccc(OC)c(CC(=O)N2CCCC(c3nnc4ccccn34)C2)c1. The van der Waals surface area contributed by atoms with Gasteiger partial charge in [-0.1, -0.05) is 6.07 Å². The zero-order valence-electron chi connectivity index (χ0n) is 16.2. The molecule has 7 nitrogen and oxygen atoms in total. The van der Waals surface area contributed by atoms with Crippen LogP contribution >= 0.6 is 0 Å². The van der Waals surface area contributed by atoms with E-state index in [1.54, 1.807) is 14.2 Å². The van der Waals surface area contributed by atoms with Crippen LogP contribution in [-0.2, 0) is 11.2 Å². The van der Waals surface area contributed by atoms with E-state index in [1.807, 2.05) is 51.9 Å². The summed E-state index contributed by atoms with van der Waals surface area (Å²) in [4.78, 5) is 14.9. The number of pyridine rings is 1. The van der Waals surface area contributed by atoms with Crippen LogP contribution in [0.15, 0.2) is 42.6 Å². The Bertz CT molecular complexity index is 985. The predicted molar refractivity (Wildman–Crippen MR) is 105 cm³/mol. The largest absolute Gasteiger partial charge is 0.497 e. The monoisotopic (exact) mass is 380 g/mol. The van der Waals surface area contributed by atoms with Crippen molar-refractivity contribution >= 4 is 11.6 Å². The first-order valence-electron chi connectivity index (χ1n) is 9.48. The zero-order chi connectivity index (χ0) is 19.5. The molecule has 1 atom stereocenters. The lowest BCUT2D eigenvalue weighted by atomic mass is 9.96. The summed E-state index contributed by atoms with van der Waals surface area (Å²) in [6, 6.07) is 11.4. The average Bonchev–Trinajstić information content (AvgIpc) is 3.18. The summed E-state index contributed by atoms with van der Waals surface area (Å²) >= 11 is 0. The molecule has 0 bridgehead atoms. The number of ether oxygens (including phenoxy) is 2. The summed E-state index contributed by atoms with van der Waals surface area (Å²) in [5.41, 5.74) is 1.67. The van der Waals surface area contributed by atoms with Crippen molar-refractivity contribution in [1.29, 1.82) is 0 Å². The highest BCUT2D eigenvalue weighted by atomic mass is 16.5. The van der Waals surface area contributed by atoms with E-state index in [9.17, 15) is 4.79 Å². The number of carbonyl (C=O) groups excluding carboxylic acids is 1. The summed E-state index contributed by atoms with van der Waals surface area (Å²) < 4.78 is 12.7. The van der Waals surface area contributed by atoms with Crippen molar-refractivity contribution < 1.29 is 14.3 Å². The molecule has 4 rings (SSSR count). The first-order valence-corrected chi connectivity index (χ1v) is 9.48. The Balaban J connectivity index is 1.51. The van der Waals surface area contributed by atoms with Gasteiger partial charge in [0, 0.05) is 30.8 Å². The van der Waals surface area contributed by atoms with Crippen LogP contribution in [0.2, 0.25) is 0 Å². The van der Waals surface area contributed by atoms with Gasteiger partial charge in [0.15, 0.2) is 5.65 Å². The van der Waals surface area contributed by atoms with E-state index >= 15 is 0 Å². The normalized spacial score (nSPS) is 16.9. The Morgan fingerprint density at radius 2 is 2.07 bits per heavy atom. The number of hydrogen-bond donors (Lipinski definition) is 0. The van der Waals surface area contributed by atoms with Gasteiger partial charge in [0.25, 0.3) is 0 Å². The standard InChI is InChI=1S/C21H24N4O3/c1-27-17-8-9-18(28-2)16(12-17)13-20(26)24-10-5-6-15(14-24)21-23-22-19-7-3-4-11-25(19)21/h3-4,7-9,11-12,15H,5-6,10,13-14H2,1-2H3. The molecule has 3 aromatic rings. The summed E-state index contributed by atoms with van der Waals surface area (Å²) in [7, 11) is 3.23. The number of hydrogen-bond acceptors (Lipinski definition) is 5. The lowest BCUT2D eigenvalue weighted by molar-refractivity contribution is -0.131. The molecule has 1 aromatic carbocycles. The summed E-state index contributed by atoms with van der Waals surface area (Å²) in [5.74, 6) is 2.61. The van der Waals surface area contributed by atoms with Crippen LogP contribution in [0, 0.1) is 0 Å². The Kier molecular flexibility index (Phi) is 5.14. The molecule has 0 saturated carbocycles. The van der Waals surface area contributed by atoms with Crippen LogP contribution in [0.4, 0.5) is 0 Å². The molecule has 0 spiro atoms. The van der Waals surface area contributed by atoms with Gasteiger partial charge in [-0.3, -0.25) is 9.20 Å². The molecule has 1 fully saturated rings. The molecule has 1 amide bonds. The molecule has 1 aliphatic heterocycles. The Morgan fingerprint density at radius 1 is 1.18 bits per heavy atom. The van der Waals surface area contributed by atoms with Crippen LogP contribution in [0.5, 0.6) is 11.5 Å². The average molecular weight is 380 g/mol. The van der Waals surface area contributed by atoms with Crippen LogP contribution in [0.25, 0.3) is 5.65 Å². The van der Waals surface area contributed by atoms with E-state index in [2.05, 4.69) is 10.2 Å².